The normalized spacial score (nSPS) is 18.2. The van der Waals surface area contributed by atoms with Gasteiger partial charge in [-0.05, 0) is 49.7 Å². The third-order valence-electron chi connectivity index (χ3n) is 4.06. The van der Waals surface area contributed by atoms with Crippen LogP contribution in [0.25, 0.3) is 0 Å². The van der Waals surface area contributed by atoms with E-state index in [1.54, 1.807) is 12.1 Å². The highest BCUT2D eigenvalue weighted by Crippen LogP contribution is 2.44. The maximum absolute atomic E-state index is 10.5. The molecule has 1 aromatic rings. The van der Waals surface area contributed by atoms with Gasteiger partial charge in [-0.15, -0.1) is 0 Å². The topological polar surface area (TPSA) is 64.4 Å². The highest BCUT2D eigenvalue weighted by molar-refractivity contribution is 5.35. The van der Waals surface area contributed by atoms with Crippen LogP contribution >= 0.6 is 0 Å². The molecule has 0 unspecified atom stereocenters. The molecule has 2 aliphatic rings. The molecule has 0 amide bonds. The van der Waals surface area contributed by atoms with Gasteiger partial charge in [0.2, 0.25) is 0 Å². The fourth-order valence-electron chi connectivity index (χ4n) is 2.69. The van der Waals surface area contributed by atoms with Crippen LogP contribution in [0.15, 0.2) is 24.3 Å². The minimum absolute atomic E-state index is 0.0954. The Morgan fingerprint density at radius 2 is 1.80 bits per heavy atom. The Morgan fingerprint density at radius 3 is 2.30 bits per heavy atom. The van der Waals surface area contributed by atoms with E-state index in [9.17, 15) is 10.1 Å². The summed E-state index contributed by atoms with van der Waals surface area (Å²) in [4.78, 5) is 10.1. The lowest BCUT2D eigenvalue weighted by atomic mass is 10.1. The van der Waals surface area contributed by atoms with Gasteiger partial charge in [0.05, 0.1) is 4.92 Å². The van der Waals surface area contributed by atoms with Crippen LogP contribution in [0.2, 0.25) is 0 Å². The van der Waals surface area contributed by atoms with Crippen molar-refractivity contribution in [3.63, 3.8) is 0 Å². The molecule has 0 heterocycles. The van der Waals surface area contributed by atoms with E-state index in [0.29, 0.717) is 18.4 Å². The maximum atomic E-state index is 10.5. The smallest absolute Gasteiger partial charge is 0.269 e. The molecular formula is C15H20N2O3. The molecule has 2 fully saturated rings. The van der Waals surface area contributed by atoms with E-state index in [1.165, 1.54) is 37.8 Å². The Morgan fingerprint density at radius 1 is 1.20 bits per heavy atom. The van der Waals surface area contributed by atoms with Crippen molar-refractivity contribution in [1.29, 1.82) is 0 Å². The van der Waals surface area contributed by atoms with Crippen LogP contribution in [-0.4, -0.2) is 24.1 Å². The molecule has 0 aromatic heterocycles. The summed E-state index contributed by atoms with van der Waals surface area (Å²) in [5.74, 6) is 2.47. The van der Waals surface area contributed by atoms with E-state index in [1.807, 2.05) is 0 Å². The SMILES string of the molecule is O=[N+]([O-])c1ccc(OCCNC(C2CC2)C2CC2)cc1. The van der Waals surface area contributed by atoms with E-state index < -0.39 is 4.92 Å². The molecule has 2 saturated carbocycles. The first-order chi connectivity index (χ1) is 9.74. The summed E-state index contributed by atoms with van der Waals surface area (Å²) in [6, 6.07) is 6.93. The van der Waals surface area contributed by atoms with E-state index in [4.69, 9.17) is 4.74 Å². The summed E-state index contributed by atoms with van der Waals surface area (Å²) < 4.78 is 5.61. The predicted molar refractivity (Wildman–Crippen MR) is 75.8 cm³/mol. The van der Waals surface area contributed by atoms with Gasteiger partial charge in [0.25, 0.3) is 5.69 Å². The first-order valence-corrected chi connectivity index (χ1v) is 7.34. The maximum Gasteiger partial charge on any atom is 0.269 e. The second-order valence-corrected chi connectivity index (χ2v) is 5.75. The molecule has 0 bridgehead atoms. The average molecular weight is 276 g/mol. The first-order valence-electron chi connectivity index (χ1n) is 7.34. The molecule has 0 atom stereocenters. The lowest BCUT2D eigenvalue weighted by molar-refractivity contribution is -0.384. The monoisotopic (exact) mass is 276 g/mol. The van der Waals surface area contributed by atoms with Crippen molar-refractivity contribution in [2.45, 2.75) is 31.7 Å². The number of nitro benzene ring substituents is 1. The highest BCUT2D eigenvalue weighted by Gasteiger charge is 2.40. The van der Waals surface area contributed by atoms with Crippen molar-refractivity contribution in [2.75, 3.05) is 13.2 Å². The minimum atomic E-state index is -0.402. The van der Waals surface area contributed by atoms with Gasteiger partial charge in [-0.2, -0.15) is 0 Å². The van der Waals surface area contributed by atoms with Crippen LogP contribution in [0, 0.1) is 22.0 Å². The summed E-state index contributed by atoms with van der Waals surface area (Å²) in [7, 11) is 0. The average Bonchev–Trinajstić information content (AvgIpc) is 3.32. The molecule has 0 spiro atoms. The van der Waals surface area contributed by atoms with Crippen molar-refractivity contribution in [3.05, 3.63) is 34.4 Å². The van der Waals surface area contributed by atoms with Gasteiger partial charge < -0.3 is 10.1 Å². The second kappa shape index (κ2) is 5.79. The zero-order chi connectivity index (χ0) is 13.9. The molecule has 20 heavy (non-hydrogen) atoms. The molecule has 5 nitrogen and oxygen atoms in total. The summed E-state index contributed by atoms with van der Waals surface area (Å²) in [6.45, 7) is 1.45. The summed E-state index contributed by atoms with van der Waals surface area (Å²) in [6.07, 6.45) is 5.49. The van der Waals surface area contributed by atoms with Crippen LogP contribution < -0.4 is 10.1 Å². The van der Waals surface area contributed by atoms with E-state index in [0.717, 1.165) is 18.4 Å². The Kier molecular flexibility index (Phi) is 3.87. The zero-order valence-corrected chi connectivity index (χ0v) is 11.5. The van der Waals surface area contributed by atoms with Gasteiger partial charge in [-0.25, -0.2) is 0 Å². The molecule has 5 heteroatoms. The number of nitro groups is 1. The van der Waals surface area contributed by atoms with Crippen LogP contribution in [0.5, 0.6) is 5.75 Å². The molecule has 108 valence electrons. The summed E-state index contributed by atoms with van der Waals surface area (Å²) in [5, 5.41) is 14.2. The van der Waals surface area contributed by atoms with Crippen molar-refractivity contribution in [2.24, 2.45) is 11.8 Å². The Hall–Kier alpha value is -1.62. The zero-order valence-electron chi connectivity index (χ0n) is 11.5. The predicted octanol–water partition coefficient (Wildman–Crippen LogP) is 2.75. The number of hydrogen-bond acceptors (Lipinski definition) is 4. The Balaban J connectivity index is 1.39. The van der Waals surface area contributed by atoms with Crippen molar-refractivity contribution >= 4 is 5.69 Å². The summed E-state index contributed by atoms with van der Waals surface area (Å²) >= 11 is 0. The van der Waals surface area contributed by atoms with Crippen LogP contribution in [0.4, 0.5) is 5.69 Å². The third-order valence-corrected chi connectivity index (χ3v) is 4.06. The highest BCUT2D eigenvalue weighted by atomic mass is 16.6. The van der Waals surface area contributed by atoms with Gasteiger partial charge in [0, 0.05) is 24.7 Å². The number of non-ortho nitro benzene ring substituents is 1. The number of nitrogens with one attached hydrogen (secondary N) is 1. The number of rotatable bonds is 8. The molecule has 1 N–H and O–H groups in total. The molecular weight excluding hydrogens is 256 g/mol. The minimum Gasteiger partial charge on any atom is -0.492 e. The van der Waals surface area contributed by atoms with Crippen LogP contribution in [-0.2, 0) is 0 Å². The quantitative estimate of drug-likeness (QED) is 0.450. The lowest BCUT2D eigenvalue weighted by Gasteiger charge is -2.17. The summed E-state index contributed by atoms with van der Waals surface area (Å²) in [5.41, 5.74) is 0.0954. The van der Waals surface area contributed by atoms with Gasteiger partial charge in [-0.3, -0.25) is 10.1 Å². The molecule has 0 radical (unpaired) electrons. The van der Waals surface area contributed by atoms with Crippen LogP contribution in [0.1, 0.15) is 25.7 Å². The molecule has 3 rings (SSSR count). The number of ether oxygens (including phenoxy) is 1. The number of benzene rings is 1. The molecule has 0 aliphatic heterocycles. The lowest BCUT2D eigenvalue weighted by Crippen LogP contribution is -2.36. The van der Waals surface area contributed by atoms with Crippen molar-refractivity contribution < 1.29 is 9.66 Å². The first kappa shape index (κ1) is 13.4. The van der Waals surface area contributed by atoms with Crippen molar-refractivity contribution in [1.82, 2.24) is 5.32 Å². The third kappa shape index (κ3) is 3.48. The van der Waals surface area contributed by atoms with Gasteiger partial charge >= 0.3 is 0 Å². The Labute approximate surface area is 118 Å². The second-order valence-electron chi connectivity index (χ2n) is 5.75. The van der Waals surface area contributed by atoms with Gasteiger partial charge in [-0.1, -0.05) is 0 Å². The molecule has 0 saturated heterocycles. The van der Waals surface area contributed by atoms with E-state index >= 15 is 0 Å². The largest absolute Gasteiger partial charge is 0.492 e. The van der Waals surface area contributed by atoms with Gasteiger partial charge in [0.1, 0.15) is 12.4 Å². The standard InChI is InChI=1S/C15H20N2O3/c18-17(19)13-5-7-14(8-6-13)20-10-9-16-15(11-1-2-11)12-3-4-12/h5-8,11-12,15-16H,1-4,9-10H2. The van der Waals surface area contributed by atoms with E-state index in [-0.39, 0.29) is 5.69 Å². The van der Waals surface area contributed by atoms with Crippen LogP contribution in [0.3, 0.4) is 0 Å². The number of nitrogens with zero attached hydrogens (tertiary/aromatic N) is 1. The van der Waals surface area contributed by atoms with E-state index in [2.05, 4.69) is 5.32 Å². The molecule has 2 aliphatic carbocycles. The fourth-order valence-corrected chi connectivity index (χ4v) is 2.69. The number of hydrogen-bond donors (Lipinski definition) is 1. The molecule has 1 aromatic carbocycles. The Bertz CT molecular complexity index is 455. The van der Waals surface area contributed by atoms with Crippen molar-refractivity contribution in [3.8, 4) is 5.75 Å². The fraction of sp³-hybridized carbons (Fsp3) is 0.600. The van der Waals surface area contributed by atoms with Gasteiger partial charge in [0.15, 0.2) is 0 Å².